The van der Waals surface area contributed by atoms with Crippen LogP contribution in [-0.2, 0) is 16.1 Å². The molecular weight excluding hydrogens is 488 g/mol. The van der Waals surface area contributed by atoms with Crippen molar-refractivity contribution in [2.45, 2.75) is 67.5 Å². The maximum Gasteiger partial charge on any atom is 0.388 e. The molecule has 2 aromatic heterocycles. The van der Waals surface area contributed by atoms with Gasteiger partial charge in [0.15, 0.2) is 0 Å². The molecule has 0 aliphatic carbocycles. The minimum Gasteiger partial charge on any atom is -0.481 e. The van der Waals surface area contributed by atoms with Gasteiger partial charge in [0, 0.05) is 50.6 Å². The van der Waals surface area contributed by atoms with Crippen molar-refractivity contribution < 1.29 is 28.2 Å². The van der Waals surface area contributed by atoms with Crippen LogP contribution in [0.4, 0.5) is 8.78 Å². The summed E-state index contributed by atoms with van der Waals surface area (Å²) in [5.74, 6) is -0.765. The molecule has 1 fully saturated rings. The first kappa shape index (κ1) is 30.1. The van der Waals surface area contributed by atoms with Crippen LogP contribution >= 0.6 is 11.3 Å². The molecule has 0 aromatic carbocycles. The maximum absolute atomic E-state index is 12.8. The van der Waals surface area contributed by atoms with Gasteiger partial charge in [-0.3, -0.25) is 9.69 Å². The van der Waals surface area contributed by atoms with Gasteiger partial charge in [0.2, 0.25) is 5.88 Å². The number of methoxy groups -OCH3 is 1. The highest BCUT2D eigenvalue weighted by Gasteiger charge is 2.48. The summed E-state index contributed by atoms with van der Waals surface area (Å²) in [7, 11) is 1.59. The summed E-state index contributed by atoms with van der Waals surface area (Å²) >= 11 is 1.37. The fourth-order valence-corrected chi connectivity index (χ4v) is 5.42. The number of halogens is 2. The Balaban J connectivity index is 0.00000222. The van der Waals surface area contributed by atoms with Crippen molar-refractivity contribution in [2.75, 3.05) is 26.8 Å². The highest BCUT2D eigenvalue weighted by Crippen LogP contribution is 2.44. The number of alkyl halides is 2. The molecule has 0 bridgehead atoms. The number of thiazole rings is 1. The molecule has 1 N–H and O–H groups in total. The topological polar surface area (TPSA) is 84.8 Å². The molecule has 1 aliphatic heterocycles. The minimum atomic E-state index is -2.98. The van der Waals surface area contributed by atoms with Gasteiger partial charge in [-0.2, -0.15) is 8.78 Å². The van der Waals surface area contributed by atoms with Crippen molar-refractivity contribution in [1.29, 1.82) is 0 Å². The fraction of sp³-hybridized carbons (Fsp3) is 0.654. The normalized spacial score (nSPS) is 20.7. The van der Waals surface area contributed by atoms with E-state index in [1.807, 2.05) is 20.8 Å². The molecule has 10 heteroatoms. The average molecular weight is 528 g/mol. The van der Waals surface area contributed by atoms with E-state index in [1.165, 1.54) is 17.5 Å². The number of hydrogen-bond donors (Lipinski definition) is 1. The maximum atomic E-state index is 12.8. The van der Waals surface area contributed by atoms with E-state index in [4.69, 9.17) is 4.74 Å². The zero-order valence-electron chi connectivity index (χ0n) is 22.3. The van der Waals surface area contributed by atoms with Crippen molar-refractivity contribution >= 4 is 17.3 Å². The quantitative estimate of drug-likeness (QED) is 0.421. The molecule has 1 aliphatic rings. The molecular formula is C26H39F2N3O4S. The molecule has 0 spiro atoms. The Labute approximate surface area is 216 Å². The number of carbonyl (C=O) groups is 1. The first-order valence-electron chi connectivity index (χ1n) is 12.2. The zero-order chi connectivity index (χ0) is 27.1. The minimum absolute atomic E-state index is 0.0555. The first-order valence-corrected chi connectivity index (χ1v) is 13.1. The lowest BCUT2D eigenvalue weighted by Gasteiger charge is -2.48. The Morgan fingerprint density at radius 2 is 2.00 bits per heavy atom. The molecule has 36 heavy (non-hydrogen) atoms. The molecule has 2 atom stereocenters. The van der Waals surface area contributed by atoms with Crippen molar-refractivity contribution in [1.82, 2.24) is 14.9 Å². The Morgan fingerprint density at radius 1 is 1.31 bits per heavy atom. The number of pyridine rings is 1. The lowest BCUT2D eigenvalue weighted by molar-refractivity contribution is -0.157. The van der Waals surface area contributed by atoms with Crippen molar-refractivity contribution in [3.63, 3.8) is 0 Å². The van der Waals surface area contributed by atoms with E-state index in [-0.39, 0.29) is 17.2 Å². The third-order valence-electron chi connectivity index (χ3n) is 6.46. The number of aromatic nitrogens is 2. The van der Waals surface area contributed by atoms with Crippen LogP contribution in [0.5, 0.6) is 5.88 Å². The second-order valence-corrected chi connectivity index (χ2v) is 11.3. The van der Waals surface area contributed by atoms with Crippen LogP contribution in [0.3, 0.4) is 0 Å². The van der Waals surface area contributed by atoms with Gasteiger partial charge >= 0.3 is 12.6 Å². The van der Waals surface area contributed by atoms with Gasteiger partial charge < -0.3 is 14.6 Å². The number of likely N-dealkylation sites (tertiary alicyclic amines) is 1. The molecule has 0 amide bonds. The Bertz CT molecular complexity index is 996. The lowest BCUT2D eigenvalue weighted by Crippen LogP contribution is -2.53. The van der Waals surface area contributed by atoms with Crippen molar-refractivity contribution in [3.05, 3.63) is 28.9 Å². The van der Waals surface area contributed by atoms with E-state index < -0.39 is 18.0 Å². The molecule has 3 rings (SSSR count). The van der Waals surface area contributed by atoms with E-state index >= 15 is 0 Å². The summed E-state index contributed by atoms with van der Waals surface area (Å²) in [6.07, 6.45) is 4.23. The summed E-state index contributed by atoms with van der Waals surface area (Å²) in [5, 5.41) is 10.7. The number of piperidine rings is 1. The van der Waals surface area contributed by atoms with Crippen LogP contribution in [0.2, 0.25) is 0 Å². The lowest BCUT2D eigenvalue weighted by atomic mass is 9.66. The largest absolute Gasteiger partial charge is 0.481 e. The van der Waals surface area contributed by atoms with Gasteiger partial charge in [-0.15, -0.1) is 11.3 Å². The number of carboxylic acids is 1. The monoisotopic (exact) mass is 527 g/mol. The number of nitrogens with zero attached hydrogens (tertiary/aromatic N) is 3. The molecule has 0 saturated carbocycles. The van der Waals surface area contributed by atoms with Crippen LogP contribution in [0, 0.1) is 23.7 Å². The predicted octanol–water partition coefficient (Wildman–Crippen LogP) is 6.12. The van der Waals surface area contributed by atoms with E-state index in [0.29, 0.717) is 43.1 Å². The molecule has 3 heterocycles. The van der Waals surface area contributed by atoms with Gasteiger partial charge in [-0.05, 0) is 42.7 Å². The third-order valence-corrected chi connectivity index (χ3v) is 7.47. The second-order valence-electron chi connectivity index (χ2n) is 10.1. The number of rotatable bonds is 9. The predicted molar refractivity (Wildman–Crippen MR) is 137 cm³/mol. The molecule has 7 nitrogen and oxygen atoms in total. The van der Waals surface area contributed by atoms with Gasteiger partial charge in [0.25, 0.3) is 0 Å². The second kappa shape index (κ2) is 12.9. The number of aryl methyl sites for hydroxylation is 1. The summed E-state index contributed by atoms with van der Waals surface area (Å²) in [4.78, 5) is 24.0. The number of hydrogen-bond acceptors (Lipinski definition) is 7. The molecule has 0 unspecified atom stereocenters. The summed E-state index contributed by atoms with van der Waals surface area (Å²) < 4.78 is 35.5. The van der Waals surface area contributed by atoms with E-state index in [9.17, 15) is 18.7 Å². The highest BCUT2D eigenvalue weighted by atomic mass is 32.1. The van der Waals surface area contributed by atoms with E-state index in [0.717, 1.165) is 17.0 Å². The van der Waals surface area contributed by atoms with E-state index in [1.54, 1.807) is 19.4 Å². The van der Waals surface area contributed by atoms with Crippen LogP contribution in [0.1, 0.15) is 57.9 Å². The van der Waals surface area contributed by atoms with Gasteiger partial charge in [0.05, 0.1) is 11.0 Å². The standard InChI is InChI=1S/C24H33F2N3O4S.C2H6/c1-15-8-18(19(27-10-15)33-22(25)26)20-28-11-17(34-20)13-29-12-16(23(2,3)4)9-24(14-29,21(30)31)6-7-32-5;1-2/h8,10-11,16,22H,6-7,9,12-14H2,1-5H3,(H,30,31);1-2H3/t16-,24-;/m1./s1. The number of carboxylic acid groups (broad SMARTS) is 1. The summed E-state index contributed by atoms with van der Waals surface area (Å²) in [6, 6.07) is 1.73. The first-order chi connectivity index (χ1) is 16.9. The van der Waals surface area contributed by atoms with Gasteiger partial charge in [-0.1, -0.05) is 34.6 Å². The number of ether oxygens (including phenoxy) is 2. The van der Waals surface area contributed by atoms with Gasteiger partial charge in [0.1, 0.15) is 5.01 Å². The van der Waals surface area contributed by atoms with Crippen LogP contribution in [0.25, 0.3) is 10.6 Å². The molecule has 2 aromatic rings. The molecule has 0 radical (unpaired) electrons. The highest BCUT2D eigenvalue weighted by molar-refractivity contribution is 7.15. The Kier molecular flexibility index (Phi) is 10.7. The Hall–Kier alpha value is -2.17. The van der Waals surface area contributed by atoms with Crippen LogP contribution in [-0.4, -0.2) is 59.4 Å². The fourth-order valence-electron chi connectivity index (χ4n) is 4.46. The van der Waals surface area contributed by atoms with E-state index in [2.05, 4.69) is 40.4 Å². The van der Waals surface area contributed by atoms with Crippen molar-refractivity contribution in [2.24, 2.45) is 16.7 Å². The smallest absolute Gasteiger partial charge is 0.388 e. The van der Waals surface area contributed by atoms with Crippen LogP contribution in [0.15, 0.2) is 18.5 Å². The molecule has 1 saturated heterocycles. The summed E-state index contributed by atoms with van der Waals surface area (Å²) in [5.41, 5.74) is 0.281. The number of aliphatic carboxylic acids is 1. The van der Waals surface area contributed by atoms with Gasteiger partial charge in [-0.25, -0.2) is 9.97 Å². The third kappa shape index (κ3) is 7.66. The Morgan fingerprint density at radius 3 is 2.58 bits per heavy atom. The average Bonchev–Trinajstić information content (AvgIpc) is 3.27. The van der Waals surface area contributed by atoms with Crippen molar-refractivity contribution in [3.8, 4) is 16.5 Å². The zero-order valence-corrected chi connectivity index (χ0v) is 23.1. The SMILES string of the molecule is CC.COCC[C@@]1(C(=O)O)C[C@@H](C(C)(C)C)CN(Cc2cnc(-c3cc(C)cnc3OC(F)F)s2)C1. The summed E-state index contributed by atoms with van der Waals surface area (Å²) in [6.45, 7) is 11.4. The van der Waals surface area contributed by atoms with Crippen LogP contribution < -0.4 is 4.74 Å². The molecule has 202 valence electrons.